The molecule has 2 aromatic carbocycles. The molecule has 0 bridgehead atoms. The Morgan fingerprint density at radius 3 is 2.47 bits per heavy atom. The fourth-order valence-corrected chi connectivity index (χ4v) is 4.09. The third-order valence-electron chi connectivity index (χ3n) is 5.93. The van der Waals surface area contributed by atoms with Gasteiger partial charge in [0.1, 0.15) is 23.1 Å². The molecule has 1 aliphatic rings. The number of benzene rings is 2. The van der Waals surface area contributed by atoms with E-state index in [-0.39, 0.29) is 17.9 Å². The van der Waals surface area contributed by atoms with Crippen LogP contribution in [0.4, 0.5) is 20.6 Å². The Bertz CT molecular complexity index is 1070. The van der Waals surface area contributed by atoms with Crippen molar-refractivity contribution in [3.05, 3.63) is 72.4 Å². The third kappa shape index (κ3) is 5.60. The zero-order valence-corrected chi connectivity index (χ0v) is 19.3. The van der Waals surface area contributed by atoms with Crippen molar-refractivity contribution in [2.45, 2.75) is 6.04 Å². The zero-order valence-electron chi connectivity index (χ0n) is 19.3. The van der Waals surface area contributed by atoms with Crippen LogP contribution >= 0.6 is 0 Å². The molecule has 1 atom stereocenters. The maximum atomic E-state index is 13.3. The molecule has 2 amide bonds. The maximum absolute atomic E-state index is 13.3. The molecule has 2 N–H and O–H groups in total. The lowest BCUT2D eigenvalue weighted by molar-refractivity contribution is 0.162. The smallest absolute Gasteiger partial charge is 0.319 e. The summed E-state index contributed by atoms with van der Waals surface area (Å²) >= 11 is 0. The number of carbonyl (C=O) groups is 1. The second-order valence-corrected chi connectivity index (χ2v) is 7.93. The summed E-state index contributed by atoms with van der Waals surface area (Å²) in [6, 6.07) is 15.1. The van der Waals surface area contributed by atoms with E-state index >= 15 is 0 Å². The highest BCUT2D eigenvalue weighted by Crippen LogP contribution is 2.29. The zero-order chi connectivity index (χ0) is 23.9. The molecular formula is C25H29FN4O4. The Kier molecular flexibility index (Phi) is 7.54. The molecule has 3 aromatic rings. The number of rotatable bonds is 8. The molecule has 2 heterocycles. The van der Waals surface area contributed by atoms with E-state index in [4.69, 9.17) is 13.9 Å². The number of hydrogen-bond donors (Lipinski definition) is 2. The van der Waals surface area contributed by atoms with Gasteiger partial charge >= 0.3 is 6.03 Å². The number of nitrogens with zero attached hydrogens (tertiary/aromatic N) is 2. The van der Waals surface area contributed by atoms with Gasteiger partial charge in [0.25, 0.3) is 0 Å². The van der Waals surface area contributed by atoms with Crippen LogP contribution in [0.5, 0.6) is 11.5 Å². The van der Waals surface area contributed by atoms with Gasteiger partial charge in [-0.1, -0.05) is 0 Å². The van der Waals surface area contributed by atoms with Crippen LogP contribution in [0.3, 0.4) is 0 Å². The van der Waals surface area contributed by atoms with Crippen LogP contribution in [0.1, 0.15) is 11.8 Å². The van der Waals surface area contributed by atoms with E-state index in [2.05, 4.69) is 20.4 Å². The summed E-state index contributed by atoms with van der Waals surface area (Å²) in [6.07, 6.45) is 1.64. The van der Waals surface area contributed by atoms with Crippen LogP contribution in [0, 0.1) is 5.82 Å². The van der Waals surface area contributed by atoms with E-state index in [9.17, 15) is 9.18 Å². The van der Waals surface area contributed by atoms with Crippen LogP contribution in [-0.2, 0) is 0 Å². The number of nitrogens with one attached hydrogen (secondary N) is 2. The van der Waals surface area contributed by atoms with Gasteiger partial charge in [0, 0.05) is 44.5 Å². The molecule has 1 fully saturated rings. The van der Waals surface area contributed by atoms with Gasteiger partial charge in [0.05, 0.1) is 32.2 Å². The summed E-state index contributed by atoms with van der Waals surface area (Å²) in [7, 11) is 3.11. The highest BCUT2D eigenvalue weighted by atomic mass is 19.1. The molecule has 4 rings (SSSR count). The molecule has 9 heteroatoms. The van der Waals surface area contributed by atoms with Gasteiger partial charge in [-0.05, 0) is 48.5 Å². The van der Waals surface area contributed by atoms with Crippen molar-refractivity contribution >= 4 is 17.4 Å². The minimum absolute atomic E-state index is 0.117. The average Bonchev–Trinajstić information content (AvgIpc) is 3.40. The summed E-state index contributed by atoms with van der Waals surface area (Å²) in [6.45, 7) is 3.50. The number of hydrogen-bond acceptors (Lipinski definition) is 6. The van der Waals surface area contributed by atoms with Crippen molar-refractivity contribution < 1.29 is 23.1 Å². The number of furan rings is 1. The van der Waals surface area contributed by atoms with Crippen molar-refractivity contribution in [1.29, 1.82) is 0 Å². The lowest BCUT2D eigenvalue weighted by atomic mass is 10.1. The minimum Gasteiger partial charge on any atom is -0.497 e. The number of piperazine rings is 1. The van der Waals surface area contributed by atoms with Crippen molar-refractivity contribution in [1.82, 2.24) is 10.2 Å². The first kappa shape index (κ1) is 23.4. The fraction of sp³-hybridized carbons (Fsp3) is 0.320. The van der Waals surface area contributed by atoms with Gasteiger partial charge in [-0.25, -0.2) is 9.18 Å². The van der Waals surface area contributed by atoms with Crippen molar-refractivity contribution in [3.8, 4) is 11.5 Å². The number of ether oxygens (including phenoxy) is 2. The Morgan fingerprint density at radius 2 is 1.82 bits per heavy atom. The molecule has 1 aliphatic heterocycles. The van der Waals surface area contributed by atoms with Gasteiger partial charge in [-0.2, -0.15) is 0 Å². The molecule has 34 heavy (non-hydrogen) atoms. The molecule has 0 radical (unpaired) electrons. The molecule has 1 aromatic heterocycles. The number of anilines is 2. The first-order chi connectivity index (χ1) is 16.6. The first-order valence-electron chi connectivity index (χ1n) is 11.1. The van der Waals surface area contributed by atoms with Crippen molar-refractivity contribution in [2.24, 2.45) is 0 Å². The maximum Gasteiger partial charge on any atom is 0.319 e. The monoisotopic (exact) mass is 468 g/mol. The average molecular weight is 469 g/mol. The second kappa shape index (κ2) is 10.9. The Morgan fingerprint density at radius 1 is 1.06 bits per heavy atom. The summed E-state index contributed by atoms with van der Waals surface area (Å²) in [5, 5.41) is 5.78. The van der Waals surface area contributed by atoms with Crippen LogP contribution in [-0.4, -0.2) is 57.9 Å². The Labute approximate surface area is 198 Å². The summed E-state index contributed by atoms with van der Waals surface area (Å²) in [5.74, 6) is 1.70. The molecule has 180 valence electrons. The topological polar surface area (TPSA) is 79.2 Å². The van der Waals surface area contributed by atoms with Gasteiger partial charge in [-0.15, -0.1) is 0 Å². The van der Waals surface area contributed by atoms with E-state index in [1.165, 1.54) is 19.2 Å². The molecular weight excluding hydrogens is 439 g/mol. The van der Waals surface area contributed by atoms with Gasteiger partial charge in [-0.3, -0.25) is 4.90 Å². The second-order valence-electron chi connectivity index (χ2n) is 7.93. The van der Waals surface area contributed by atoms with Crippen LogP contribution < -0.4 is 25.0 Å². The Balaban J connectivity index is 1.37. The first-order valence-corrected chi connectivity index (χ1v) is 11.1. The third-order valence-corrected chi connectivity index (χ3v) is 5.93. The molecule has 0 saturated carbocycles. The summed E-state index contributed by atoms with van der Waals surface area (Å²) in [5.41, 5.74) is 1.55. The van der Waals surface area contributed by atoms with Crippen LogP contribution in [0.15, 0.2) is 65.3 Å². The van der Waals surface area contributed by atoms with E-state index in [0.29, 0.717) is 23.7 Å². The van der Waals surface area contributed by atoms with Crippen LogP contribution in [0.25, 0.3) is 0 Å². The van der Waals surface area contributed by atoms with E-state index < -0.39 is 0 Å². The van der Waals surface area contributed by atoms with E-state index in [1.54, 1.807) is 43.7 Å². The Hall–Kier alpha value is -3.72. The minimum atomic E-state index is -0.343. The van der Waals surface area contributed by atoms with Gasteiger partial charge in [0.2, 0.25) is 0 Å². The lowest BCUT2D eigenvalue weighted by Crippen LogP contribution is -2.50. The number of urea groups is 1. The predicted molar refractivity (Wildman–Crippen MR) is 128 cm³/mol. The molecule has 1 unspecified atom stereocenters. The lowest BCUT2D eigenvalue weighted by Gasteiger charge is -2.39. The predicted octanol–water partition coefficient (Wildman–Crippen LogP) is 4.12. The highest BCUT2D eigenvalue weighted by molar-refractivity contribution is 5.91. The quantitative estimate of drug-likeness (QED) is 0.518. The largest absolute Gasteiger partial charge is 0.497 e. The SMILES string of the molecule is COc1ccc(NC(=O)NCC(c2ccco2)N2CCN(c3ccc(F)cc3)CC2)c(OC)c1. The summed E-state index contributed by atoms with van der Waals surface area (Å²) < 4.78 is 29.5. The summed E-state index contributed by atoms with van der Waals surface area (Å²) in [4.78, 5) is 17.2. The molecule has 0 spiro atoms. The molecule has 0 aliphatic carbocycles. The normalized spacial score (nSPS) is 15.0. The number of amides is 2. The van der Waals surface area contributed by atoms with E-state index in [1.807, 2.05) is 12.1 Å². The molecule has 8 nitrogen and oxygen atoms in total. The molecule has 1 saturated heterocycles. The highest BCUT2D eigenvalue weighted by Gasteiger charge is 2.27. The van der Waals surface area contributed by atoms with Crippen molar-refractivity contribution in [2.75, 3.05) is 57.2 Å². The van der Waals surface area contributed by atoms with Gasteiger partial charge in [0.15, 0.2) is 0 Å². The fourth-order valence-electron chi connectivity index (χ4n) is 4.09. The number of carbonyl (C=O) groups excluding carboxylic acids is 1. The van der Waals surface area contributed by atoms with Crippen molar-refractivity contribution in [3.63, 3.8) is 0 Å². The number of methoxy groups -OCH3 is 2. The van der Waals surface area contributed by atoms with Crippen LogP contribution in [0.2, 0.25) is 0 Å². The van der Waals surface area contributed by atoms with E-state index in [0.717, 1.165) is 37.6 Å². The number of halogens is 1. The van der Waals surface area contributed by atoms with Gasteiger partial charge < -0.3 is 29.4 Å². The standard InChI is InChI=1S/C25H29FN4O4/c1-32-20-9-10-21(24(16-20)33-2)28-25(31)27-17-22(23-4-3-15-34-23)30-13-11-29(12-14-30)19-7-5-18(26)6-8-19/h3-10,15-16,22H,11-14,17H2,1-2H3,(H2,27,28,31).